The minimum atomic E-state index is -0.833. The number of aromatic hydroxyl groups is 2. The number of fused-ring (bicyclic) bond motifs is 3. The molecule has 0 radical (unpaired) electrons. The molecule has 9 aromatic rings. The summed E-state index contributed by atoms with van der Waals surface area (Å²) in [6.07, 6.45) is 8.75. The van der Waals surface area contributed by atoms with E-state index in [0.717, 1.165) is 100 Å². The average Bonchev–Trinajstić information content (AvgIpc) is 1.09. The number of nitrogens with zero attached hydrogens (tertiary/aromatic N) is 7. The van der Waals surface area contributed by atoms with Gasteiger partial charge in [0, 0.05) is 102 Å². The largest absolute Gasteiger partial charge is 0.508 e. The summed E-state index contributed by atoms with van der Waals surface area (Å²) in [5.74, 6) is 2.98. The molecule has 0 bridgehead atoms. The van der Waals surface area contributed by atoms with Crippen molar-refractivity contribution in [3.63, 3.8) is 0 Å². The van der Waals surface area contributed by atoms with Crippen molar-refractivity contribution < 1.29 is 44.0 Å². The van der Waals surface area contributed by atoms with Crippen LogP contribution in [0.1, 0.15) is 94.2 Å². The summed E-state index contributed by atoms with van der Waals surface area (Å²) in [7, 11) is 0. The first-order chi connectivity index (χ1) is 44.5. The Morgan fingerprint density at radius 2 is 1.00 bits per heavy atom. The standard InChI is InChI=1S/2C20H18N4O2.C9H9NO2.C8H19N.C6H6O.C5H4Cl2N2.C2H4O2/c1-13-12-21-20(24-19(13)26-16-5-3-2-4-6-16)22-15-8-9-17-14(11-15)7-10-18(25)23-17;1-13-12-21-20(26-16-5-3-2-4-6-16)24-19(13)22-15-8-9-17-14(11-15)7-10-18(25)23-17;11-7-2-3-8-6(5-7)1-4-9(12)10-8;1-6-9(7(2)3)8(4)5;7-6-4-2-1-3-5-6;1-3-2-8-5(7)9-4(3)6;1-2(3)4/h2*2-6,8-9,11-12H,7,10H2,1H3,(H,23,25)(H,21,22,24);2-3,5,11H,1,4H2,(H,10,12);7-8H,6H2,1-5H3;1-5,7H;2H,1H3;1H3,(H,3,4). The topological polar surface area (TPSA) is 288 Å². The van der Waals surface area contributed by atoms with Crippen molar-refractivity contribution in [2.75, 3.05) is 33.1 Å². The monoisotopic (exact) mass is 1300 g/mol. The number of benzene rings is 6. The lowest BCUT2D eigenvalue weighted by atomic mass is 10.0. The van der Waals surface area contributed by atoms with Gasteiger partial charge in [-0.15, -0.1) is 0 Å². The van der Waals surface area contributed by atoms with Crippen LogP contribution in [0.4, 0.5) is 40.2 Å². The molecule has 6 aromatic carbocycles. The van der Waals surface area contributed by atoms with Crippen LogP contribution in [-0.4, -0.2) is 92.4 Å². The van der Waals surface area contributed by atoms with Crippen LogP contribution in [0, 0.1) is 20.8 Å². The van der Waals surface area contributed by atoms with E-state index in [-0.39, 0.29) is 34.8 Å². The van der Waals surface area contributed by atoms with E-state index in [0.29, 0.717) is 65.6 Å². The zero-order valence-corrected chi connectivity index (χ0v) is 54.9. The Kier molecular flexibility index (Phi) is 28.3. The molecule has 3 amide bonds. The molecule has 21 nitrogen and oxygen atoms in total. The molecule has 0 spiro atoms. The number of carbonyl (C=O) groups excluding carboxylic acids is 3. The number of amides is 3. The van der Waals surface area contributed by atoms with E-state index in [1.165, 1.54) is 0 Å². The van der Waals surface area contributed by atoms with Crippen molar-refractivity contribution in [1.29, 1.82) is 0 Å². The second-order valence-corrected chi connectivity index (χ2v) is 22.4. The molecule has 0 atom stereocenters. The van der Waals surface area contributed by atoms with Crippen LogP contribution in [0.3, 0.4) is 0 Å². The Balaban J connectivity index is 0.000000188. The molecule has 486 valence electrons. The molecular weight excluding hydrogens is 1220 g/mol. The number of anilines is 7. The number of phenolic OH excluding ortho intramolecular Hbond substituents is 2. The first kappa shape index (κ1) is 71.9. The summed E-state index contributed by atoms with van der Waals surface area (Å²) in [4.78, 5) is 70.2. The number of aromatic nitrogens is 6. The van der Waals surface area contributed by atoms with Crippen LogP contribution in [-0.2, 0) is 38.4 Å². The van der Waals surface area contributed by atoms with Gasteiger partial charge in [0.15, 0.2) is 0 Å². The third-order valence-corrected chi connectivity index (χ3v) is 14.2. The molecule has 0 aliphatic carbocycles. The van der Waals surface area contributed by atoms with Gasteiger partial charge in [-0.2, -0.15) is 9.97 Å². The maximum Gasteiger partial charge on any atom is 0.323 e. The molecule has 3 aromatic heterocycles. The normalized spacial score (nSPS) is 12.2. The highest BCUT2D eigenvalue weighted by Gasteiger charge is 2.18. The van der Waals surface area contributed by atoms with E-state index in [9.17, 15) is 14.4 Å². The summed E-state index contributed by atoms with van der Waals surface area (Å²) in [5, 5.41) is 40.8. The number of hydrogen-bond donors (Lipinski definition) is 8. The molecule has 0 fully saturated rings. The van der Waals surface area contributed by atoms with Crippen LogP contribution in [0.25, 0.3) is 0 Å². The van der Waals surface area contributed by atoms with Crippen molar-refractivity contribution >= 4 is 87.1 Å². The van der Waals surface area contributed by atoms with Crippen molar-refractivity contribution in [1.82, 2.24) is 34.8 Å². The van der Waals surface area contributed by atoms with Gasteiger partial charge < -0.3 is 51.4 Å². The van der Waals surface area contributed by atoms with Gasteiger partial charge in [-0.25, -0.2) is 19.9 Å². The highest BCUT2D eigenvalue weighted by atomic mass is 35.5. The van der Waals surface area contributed by atoms with Crippen LogP contribution in [0.2, 0.25) is 10.4 Å². The first-order valence-corrected chi connectivity index (χ1v) is 30.8. The van der Waals surface area contributed by atoms with Gasteiger partial charge in [-0.05, 0) is 194 Å². The quantitative estimate of drug-likeness (QED) is 0.0339. The average molecular weight is 1300 g/mol. The predicted molar refractivity (Wildman–Crippen MR) is 366 cm³/mol. The number of aryl methyl sites for hydroxylation is 6. The van der Waals surface area contributed by atoms with Gasteiger partial charge in [0.05, 0.1) is 0 Å². The number of phenols is 2. The zero-order valence-electron chi connectivity index (χ0n) is 53.4. The Labute approximate surface area is 552 Å². The van der Waals surface area contributed by atoms with Crippen molar-refractivity contribution in [2.24, 2.45) is 0 Å². The predicted octanol–water partition coefficient (Wildman–Crippen LogP) is 15.4. The number of para-hydroxylation sites is 3. The molecule has 93 heavy (non-hydrogen) atoms. The lowest BCUT2D eigenvalue weighted by molar-refractivity contribution is -0.134. The van der Waals surface area contributed by atoms with Gasteiger partial charge in [-0.3, -0.25) is 24.1 Å². The fourth-order valence-corrected chi connectivity index (χ4v) is 9.40. The number of rotatable bonds is 11. The van der Waals surface area contributed by atoms with Gasteiger partial charge in [0.25, 0.3) is 5.97 Å². The SMILES string of the molecule is CC(=O)O.CCN(C(C)C)C(C)C.Cc1cnc(Cl)nc1Cl.Cc1cnc(Nc2ccc3c(c2)CCC(=O)N3)nc1Oc1ccccc1.Cc1cnc(Oc2ccccc2)nc1Nc1ccc2c(c1)CCC(=O)N2.O=C1CCc2cc(O)ccc2N1.Oc1ccccc1. The van der Waals surface area contributed by atoms with E-state index >= 15 is 0 Å². The van der Waals surface area contributed by atoms with Crippen LogP contribution < -0.4 is 36.1 Å². The molecular formula is C70H78Cl2N12O9. The molecule has 0 saturated heterocycles. The number of aliphatic carboxylic acids is 1. The van der Waals surface area contributed by atoms with E-state index in [1.807, 2.05) is 124 Å². The summed E-state index contributed by atoms with van der Waals surface area (Å²) in [6.45, 7) is 19.1. The molecule has 6 heterocycles. The second kappa shape index (κ2) is 36.6. The number of halogens is 2. The second-order valence-electron chi connectivity index (χ2n) is 21.7. The summed E-state index contributed by atoms with van der Waals surface area (Å²) < 4.78 is 11.6. The summed E-state index contributed by atoms with van der Waals surface area (Å²) in [5.41, 5.74) is 10.2. The van der Waals surface area contributed by atoms with Crippen molar-refractivity contribution in [3.05, 3.63) is 208 Å². The van der Waals surface area contributed by atoms with E-state index in [1.54, 1.807) is 61.1 Å². The fraction of sp³-hybridized carbons (Fsp3) is 0.257. The number of hydrogen-bond acceptors (Lipinski definition) is 17. The van der Waals surface area contributed by atoms with Crippen molar-refractivity contribution in [3.8, 4) is 34.9 Å². The van der Waals surface area contributed by atoms with Crippen LogP contribution >= 0.6 is 23.2 Å². The third kappa shape index (κ3) is 24.8. The molecule has 3 aliphatic heterocycles. The molecule has 12 rings (SSSR count). The smallest absolute Gasteiger partial charge is 0.323 e. The lowest BCUT2D eigenvalue weighted by Crippen LogP contribution is -2.36. The number of carboxylic acid groups (broad SMARTS) is 1. The van der Waals surface area contributed by atoms with Gasteiger partial charge in [-0.1, -0.05) is 73.1 Å². The summed E-state index contributed by atoms with van der Waals surface area (Å²) >= 11 is 11.0. The van der Waals surface area contributed by atoms with Gasteiger partial charge in [0.1, 0.15) is 34.0 Å². The Hall–Kier alpha value is -10.2. The zero-order chi connectivity index (χ0) is 67.4. The van der Waals surface area contributed by atoms with E-state index in [2.05, 4.69) is 96.0 Å². The Morgan fingerprint density at radius 1 is 0.548 bits per heavy atom. The number of nitrogens with one attached hydrogen (secondary N) is 5. The Morgan fingerprint density at radius 3 is 1.45 bits per heavy atom. The highest BCUT2D eigenvalue weighted by molar-refractivity contribution is 6.32. The Bertz CT molecular complexity index is 3900. The lowest BCUT2D eigenvalue weighted by Gasteiger charge is -2.28. The molecule has 0 unspecified atom stereocenters. The van der Waals surface area contributed by atoms with Crippen LogP contribution in [0.5, 0.6) is 34.9 Å². The minimum absolute atomic E-state index is 0.0492. The molecule has 8 N–H and O–H groups in total. The van der Waals surface area contributed by atoms with Crippen molar-refractivity contribution in [2.45, 2.75) is 113 Å². The van der Waals surface area contributed by atoms with Crippen LogP contribution in [0.15, 0.2) is 164 Å². The molecule has 3 aliphatic rings. The molecule has 23 heteroatoms. The minimum Gasteiger partial charge on any atom is -0.508 e. The van der Waals surface area contributed by atoms with E-state index in [4.69, 9.17) is 52.8 Å². The number of carboxylic acids is 1. The number of ether oxygens (including phenoxy) is 2. The van der Waals surface area contributed by atoms with Gasteiger partial charge >= 0.3 is 6.01 Å². The first-order valence-electron chi connectivity index (χ1n) is 30.0. The molecule has 0 saturated carbocycles. The summed E-state index contributed by atoms with van der Waals surface area (Å²) in [6, 6.07) is 46.0. The van der Waals surface area contributed by atoms with Gasteiger partial charge in [0.2, 0.25) is 34.8 Å². The maximum atomic E-state index is 11.5. The fourth-order valence-electron chi connectivity index (χ4n) is 9.10. The highest BCUT2D eigenvalue weighted by Crippen LogP contribution is 2.31. The maximum absolute atomic E-state index is 11.5. The number of carbonyl (C=O) groups is 4. The third-order valence-electron chi connectivity index (χ3n) is 13.6. The van der Waals surface area contributed by atoms with E-state index < -0.39 is 5.97 Å².